The zero-order valence-electron chi connectivity index (χ0n) is 11.9. The highest BCUT2D eigenvalue weighted by molar-refractivity contribution is 5.51. The fraction of sp³-hybridized carbons (Fsp3) is 0.600. The molecule has 1 aromatic carbocycles. The largest absolute Gasteiger partial charge is 0.507 e. The van der Waals surface area contributed by atoms with Crippen LogP contribution in [0.4, 0.5) is 0 Å². The molecule has 0 amide bonds. The van der Waals surface area contributed by atoms with Gasteiger partial charge in [-0.15, -0.1) is 0 Å². The molecule has 1 aromatic rings. The van der Waals surface area contributed by atoms with Gasteiger partial charge in [0.1, 0.15) is 5.75 Å². The summed E-state index contributed by atoms with van der Waals surface area (Å²) in [5.41, 5.74) is 8.60. The van der Waals surface area contributed by atoms with E-state index in [9.17, 15) is 5.11 Å². The number of phenols is 1. The van der Waals surface area contributed by atoms with E-state index in [2.05, 4.69) is 41.5 Å². The third kappa shape index (κ3) is 2.81. The van der Waals surface area contributed by atoms with Crippen molar-refractivity contribution < 1.29 is 5.11 Å². The van der Waals surface area contributed by atoms with Crippen LogP contribution in [0.25, 0.3) is 0 Å². The van der Waals surface area contributed by atoms with Crippen molar-refractivity contribution in [1.82, 2.24) is 0 Å². The lowest BCUT2D eigenvalue weighted by molar-refractivity contribution is 0.421. The average Bonchev–Trinajstić information content (AvgIpc) is 2.12. The predicted octanol–water partition coefficient (Wildman–Crippen LogP) is 3.45. The van der Waals surface area contributed by atoms with Crippen LogP contribution in [0.5, 0.6) is 5.75 Å². The van der Waals surface area contributed by atoms with E-state index < -0.39 is 0 Å². The predicted molar refractivity (Wildman–Crippen MR) is 73.4 cm³/mol. The zero-order valence-corrected chi connectivity index (χ0v) is 11.9. The van der Waals surface area contributed by atoms with Crippen LogP contribution in [0.2, 0.25) is 0 Å². The van der Waals surface area contributed by atoms with Crippen molar-refractivity contribution in [1.29, 1.82) is 0 Å². The normalized spacial score (nSPS) is 12.9. The lowest BCUT2D eigenvalue weighted by Crippen LogP contribution is -2.20. The molecule has 0 bridgehead atoms. The van der Waals surface area contributed by atoms with Crippen molar-refractivity contribution >= 4 is 0 Å². The van der Waals surface area contributed by atoms with E-state index in [1.54, 1.807) is 0 Å². The molecule has 3 N–H and O–H groups in total. The maximum Gasteiger partial charge on any atom is 0.123 e. The summed E-state index contributed by atoms with van der Waals surface area (Å²) in [5.74, 6) is 0.410. The second kappa shape index (κ2) is 4.34. The number of nitrogens with two attached hydrogens (primary N) is 1. The fourth-order valence-electron chi connectivity index (χ4n) is 2.25. The molecule has 0 fully saturated rings. The van der Waals surface area contributed by atoms with Gasteiger partial charge in [-0.3, -0.25) is 0 Å². The third-order valence-electron chi connectivity index (χ3n) is 3.04. The molecule has 2 nitrogen and oxygen atoms in total. The number of rotatable bonds is 1. The van der Waals surface area contributed by atoms with Gasteiger partial charge in [-0.2, -0.15) is 0 Å². The molecule has 0 unspecified atom stereocenters. The Bertz CT molecular complexity index is 408. The first-order chi connectivity index (χ1) is 7.59. The van der Waals surface area contributed by atoms with Crippen molar-refractivity contribution in [2.75, 3.05) is 0 Å². The summed E-state index contributed by atoms with van der Waals surface area (Å²) >= 11 is 0. The van der Waals surface area contributed by atoms with Crippen LogP contribution in [0.15, 0.2) is 12.1 Å². The monoisotopic (exact) mass is 235 g/mol. The summed E-state index contributed by atoms with van der Waals surface area (Å²) in [4.78, 5) is 0. The molecule has 0 atom stereocenters. The summed E-state index contributed by atoms with van der Waals surface area (Å²) in [6.45, 7) is 13.1. The molecule has 2 heteroatoms. The minimum atomic E-state index is -0.0972. The second-order valence-electron chi connectivity index (χ2n) is 6.70. The quantitative estimate of drug-likeness (QED) is 0.783. The molecule has 0 radical (unpaired) electrons. The fourth-order valence-corrected chi connectivity index (χ4v) is 2.25. The van der Waals surface area contributed by atoms with Crippen LogP contribution in [0.3, 0.4) is 0 Å². The highest BCUT2D eigenvalue weighted by Gasteiger charge is 2.27. The molecule has 0 saturated carbocycles. The molecular weight excluding hydrogens is 210 g/mol. The molecule has 0 aromatic heterocycles. The van der Waals surface area contributed by atoms with E-state index in [0.29, 0.717) is 12.3 Å². The Balaban J connectivity index is 3.55. The molecular formula is C15H25NO. The summed E-state index contributed by atoms with van der Waals surface area (Å²) < 4.78 is 0. The molecule has 0 saturated heterocycles. The molecule has 0 aliphatic rings. The van der Waals surface area contributed by atoms with Crippen molar-refractivity contribution in [2.24, 2.45) is 5.73 Å². The molecule has 96 valence electrons. The van der Waals surface area contributed by atoms with Gasteiger partial charge in [-0.25, -0.2) is 0 Å². The van der Waals surface area contributed by atoms with Crippen molar-refractivity contribution in [2.45, 2.75) is 58.9 Å². The first-order valence-electron chi connectivity index (χ1n) is 6.15. The number of phenolic OH excluding ortho intramolecular Hbond substituents is 1. The van der Waals surface area contributed by atoms with Crippen LogP contribution >= 0.6 is 0 Å². The first kappa shape index (κ1) is 14.0. The van der Waals surface area contributed by atoms with Crippen LogP contribution in [0, 0.1) is 0 Å². The van der Waals surface area contributed by atoms with E-state index in [4.69, 9.17) is 5.73 Å². The Labute approximate surface area is 105 Å². The molecule has 0 aliphatic carbocycles. The molecule has 17 heavy (non-hydrogen) atoms. The number of aromatic hydroxyl groups is 1. The van der Waals surface area contributed by atoms with Crippen LogP contribution in [-0.4, -0.2) is 5.11 Å². The smallest absolute Gasteiger partial charge is 0.123 e. The molecule has 1 rings (SSSR count). The summed E-state index contributed by atoms with van der Waals surface area (Å²) in [6.07, 6.45) is 0. The van der Waals surface area contributed by atoms with Crippen molar-refractivity contribution in [3.8, 4) is 5.75 Å². The van der Waals surface area contributed by atoms with Gasteiger partial charge in [0.05, 0.1) is 0 Å². The number of benzene rings is 1. The average molecular weight is 235 g/mol. The number of hydrogen-bond acceptors (Lipinski definition) is 2. The van der Waals surface area contributed by atoms with Crippen molar-refractivity contribution in [3.63, 3.8) is 0 Å². The summed E-state index contributed by atoms with van der Waals surface area (Å²) in [6, 6.07) is 4.04. The number of hydrogen-bond donors (Lipinski definition) is 2. The van der Waals surface area contributed by atoms with Crippen molar-refractivity contribution in [3.05, 3.63) is 28.8 Å². The Morgan fingerprint density at radius 2 is 1.53 bits per heavy atom. The maximum absolute atomic E-state index is 10.5. The maximum atomic E-state index is 10.5. The SMILES string of the molecule is CC(C)(C)c1ccc(CN)c(C(C)(C)C)c1O. The van der Waals surface area contributed by atoms with E-state index in [1.807, 2.05) is 12.1 Å². The van der Waals surface area contributed by atoms with Gasteiger partial charge < -0.3 is 10.8 Å². The minimum absolute atomic E-state index is 0.0583. The highest BCUT2D eigenvalue weighted by atomic mass is 16.3. The van der Waals surface area contributed by atoms with Gasteiger partial charge in [0.25, 0.3) is 0 Å². The molecule has 0 heterocycles. The zero-order chi connectivity index (χ0) is 13.4. The summed E-state index contributed by atoms with van der Waals surface area (Å²) in [7, 11) is 0. The van der Waals surface area contributed by atoms with E-state index in [0.717, 1.165) is 16.7 Å². The van der Waals surface area contributed by atoms with Gasteiger partial charge in [0.2, 0.25) is 0 Å². The van der Waals surface area contributed by atoms with Gasteiger partial charge >= 0.3 is 0 Å². The van der Waals surface area contributed by atoms with Crippen LogP contribution in [-0.2, 0) is 17.4 Å². The Morgan fingerprint density at radius 1 is 1.00 bits per heavy atom. The van der Waals surface area contributed by atoms with E-state index in [-0.39, 0.29) is 10.8 Å². The molecule has 0 spiro atoms. The van der Waals surface area contributed by atoms with E-state index in [1.165, 1.54) is 0 Å². The Kier molecular flexibility index (Phi) is 3.58. The van der Waals surface area contributed by atoms with Gasteiger partial charge in [-0.1, -0.05) is 53.7 Å². The lowest BCUT2D eigenvalue weighted by Gasteiger charge is -2.29. The van der Waals surface area contributed by atoms with Crippen LogP contribution < -0.4 is 5.73 Å². The first-order valence-corrected chi connectivity index (χ1v) is 6.15. The summed E-state index contributed by atoms with van der Waals surface area (Å²) in [5, 5.41) is 10.5. The minimum Gasteiger partial charge on any atom is -0.507 e. The standard InChI is InChI=1S/C15H25NO/c1-14(2,3)11-8-7-10(9-16)12(13(11)17)15(4,5)6/h7-8,17H,9,16H2,1-6H3. The Hall–Kier alpha value is -1.02. The highest BCUT2D eigenvalue weighted by Crippen LogP contribution is 2.40. The van der Waals surface area contributed by atoms with Crippen LogP contribution in [0.1, 0.15) is 58.2 Å². The van der Waals surface area contributed by atoms with E-state index >= 15 is 0 Å². The topological polar surface area (TPSA) is 46.2 Å². The third-order valence-corrected chi connectivity index (χ3v) is 3.04. The lowest BCUT2D eigenvalue weighted by atomic mass is 9.77. The van der Waals surface area contributed by atoms with Gasteiger partial charge in [0.15, 0.2) is 0 Å². The Morgan fingerprint density at radius 3 is 1.88 bits per heavy atom. The van der Waals surface area contributed by atoms with Gasteiger partial charge in [-0.05, 0) is 22.0 Å². The molecule has 0 aliphatic heterocycles. The van der Waals surface area contributed by atoms with Gasteiger partial charge in [0, 0.05) is 12.1 Å². The second-order valence-corrected chi connectivity index (χ2v) is 6.70.